The zero-order valence-electron chi connectivity index (χ0n) is 18.8. The SMILES string of the molecule is Cc1cc(OCc2ccc(Cl)cc2)ccc1C1CN(CCC(=O)OC(C)(C)C)CCO1. The number of esters is 1. The second-order valence-electron chi connectivity index (χ2n) is 8.93. The first-order valence-corrected chi connectivity index (χ1v) is 11.1. The maximum atomic E-state index is 12.0. The summed E-state index contributed by atoms with van der Waals surface area (Å²) in [5.41, 5.74) is 2.91. The molecule has 0 radical (unpaired) electrons. The molecular weight excluding hydrogens is 414 g/mol. The summed E-state index contributed by atoms with van der Waals surface area (Å²) in [6.07, 6.45) is 0.373. The number of halogens is 1. The van der Waals surface area contributed by atoms with E-state index in [-0.39, 0.29) is 12.1 Å². The minimum atomic E-state index is -0.445. The van der Waals surface area contributed by atoms with Gasteiger partial charge in [0.2, 0.25) is 0 Å². The quantitative estimate of drug-likeness (QED) is 0.539. The summed E-state index contributed by atoms with van der Waals surface area (Å²) < 4.78 is 17.4. The first-order chi connectivity index (χ1) is 14.7. The van der Waals surface area contributed by atoms with Crippen LogP contribution in [-0.4, -0.2) is 42.7 Å². The van der Waals surface area contributed by atoms with Crippen LogP contribution in [0.25, 0.3) is 0 Å². The molecule has 2 aromatic rings. The van der Waals surface area contributed by atoms with Gasteiger partial charge in [-0.15, -0.1) is 0 Å². The van der Waals surface area contributed by atoms with Crippen molar-refractivity contribution >= 4 is 17.6 Å². The van der Waals surface area contributed by atoms with Gasteiger partial charge in [-0.2, -0.15) is 0 Å². The Morgan fingerprint density at radius 3 is 2.61 bits per heavy atom. The Balaban J connectivity index is 1.54. The van der Waals surface area contributed by atoms with Gasteiger partial charge in [-0.25, -0.2) is 0 Å². The van der Waals surface area contributed by atoms with E-state index in [9.17, 15) is 4.79 Å². The molecule has 0 saturated carbocycles. The van der Waals surface area contributed by atoms with Crippen LogP contribution in [-0.2, 0) is 20.9 Å². The zero-order chi connectivity index (χ0) is 22.4. The minimum Gasteiger partial charge on any atom is -0.489 e. The molecule has 1 saturated heterocycles. The Morgan fingerprint density at radius 2 is 1.94 bits per heavy atom. The molecule has 5 nitrogen and oxygen atoms in total. The second kappa shape index (κ2) is 10.5. The number of morpholine rings is 1. The third kappa shape index (κ3) is 7.53. The molecule has 168 valence electrons. The summed E-state index contributed by atoms with van der Waals surface area (Å²) in [7, 11) is 0. The van der Waals surface area contributed by atoms with Gasteiger partial charge in [0.1, 0.15) is 18.0 Å². The van der Waals surface area contributed by atoms with E-state index < -0.39 is 5.60 Å². The van der Waals surface area contributed by atoms with E-state index in [1.165, 1.54) is 0 Å². The lowest BCUT2D eigenvalue weighted by atomic mass is 10.0. The van der Waals surface area contributed by atoms with Gasteiger partial charge < -0.3 is 14.2 Å². The molecule has 3 rings (SSSR count). The fraction of sp³-hybridized carbons (Fsp3) is 0.480. The molecule has 2 aromatic carbocycles. The Morgan fingerprint density at radius 1 is 1.19 bits per heavy atom. The third-order valence-electron chi connectivity index (χ3n) is 5.11. The van der Waals surface area contributed by atoms with Gasteiger partial charge in [-0.3, -0.25) is 9.69 Å². The number of benzene rings is 2. The van der Waals surface area contributed by atoms with Crippen molar-refractivity contribution in [2.24, 2.45) is 0 Å². The van der Waals surface area contributed by atoms with E-state index >= 15 is 0 Å². The topological polar surface area (TPSA) is 48.0 Å². The summed E-state index contributed by atoms with van der Waals surface area (Å²) in [4.78, 5) is 14.3. The average Bonchev–Trinajstić information content (AvgIpc) is 2.71. The van der Waals surface area contributed by atoms with E-state index in [1.54, 1.807) is 0 Å². The number of carbonyl (C=O) groups is 1. The molecule has 0 spiro atoms. The first-order valence-electron chi connectivity index (χ1n) is 10.7. The monoisotopic (exact) mass is 445 g/mol. The van der Waals surface area contributed by atoms with E-state index in [4.69, 9.17) is 25.8 Å². The van der Waals surface area contributed by atoms with E-state index in [2.05, 4.69) is 17.9 Å². The molecule has 1 heterocycles. The summed E-state index contributed by atoms with van der Waals surface area (Å²) in [6, 6.07) is 13.8. The standard InChI is InChI=1S/C25H32ClNO4/c1-18-15-21(30-17-19-5-7-20(26)8-6-19)9-10-22(18)23-16-27(13-14-29-23)12-11-24(28)31-25(2,3)4/h5-10,15,23H,11-14,16-17H2,1-4H3. The largest absolute Gasteiger partial charge is 0.489 e. The lowest BCUT2D eigenvalue weighted by Crippen LogP contribution is -2.40. The van der Waals surface area contributed by atoms with Gasteiger partial charge in [0.25, 0.3) is 0 Å². The van der Waals surface area contributed by atoms with Crippen LogP contribution in [0.2, 0.25) is 5.02 Å². The second-order valence-corrected chi connectivity index (χ2v) is 9.37. The fourth-order valence-corrected chi connectivity index (χ4v) is 3.71. The molecule has 0 bridgehead atoms. The van der Waals surface area contributed by atoms with Crippen LogP contribution >= 0.6 is 11.6 Å². The Hall–Kier alpha value is -2.08. The molecule has 1 unspecified atom stereocenters. The van der Waals surface area contributed by atoms with Crippen molar-refractivity contribution in [1.29, 1.82) is 0 Å². The predicted octanol–water partition coefficient (Wildman–Crippen LogP) is 5.33. The molecule has 1 fully saturated rings. The zero-order valence-corrected chi connectivity index (χ0v) is 19.6. The van der Waals surface area contributed by atoms with Crippen LogP contribution < -0.4 is 4.74 Å². The fourth-order valence-electron chi connectivity index (χ4n) is 3.58. The van der Waals surface area contributed by atoms with Crippen LogP contribution in [0.1, 0.15) is 50.0 Å². The van der Waals surface area contributed by atoms with Crippen molar-refractivity contribution in [2.45, 2.75) is 52.4 Å². The molecule has 31 heavy (non-hydrogen) atoms. The van der Waals surface area contributed by atoms with E-state index in [0.717, 1.165) is 40.6 Å². The molecule has 1 aliphatic rings. The van der Waals surface area contributed by atoms with E-state index in [0.29, 0.717) is 26.2 Å². The average molecular weight is 446 g/mol. The lowest BCUT2D eigenvalue weighted by molar-refractivity contribution is -0.155. The van der Waals surface area contributed by atoms with Gasteiger partial charge in [-0.05, 0) is 68.7 Å². The number of hydrogen-bond acceptors (Lipinski definition) is 5. The molecule has 0 N–H and O–H groups in total. The number of hydrogen-bond donors (Lipinski definition) is 0. The Labute approximate surface area is 190 Å². The van der Waals surface area contributed by atoms with Crippen LogP contribution in [0.15, 0.2) is 42.5 Å². The number of aryl methyl sites for hydroxylation is 1. The summed E-state index contributed by atoms with van der Waals surface area (Å²) in [5, 5.41) is 0.719. The molecule has 0 aromatic heterocycles. The van der Waals surface area contributed by atoms with Crippen molar-refractivity contribution in [1.82, 2.24) is 4.90 Å². The highest BCUT2D eigenvalue weighted by Crippen LogP contribution is 2.28. The van der Waals surface area contributed by atoms with Gasteiger partial charge in [-0.1, -0.05) is 29.8 Å². The summed E-state index contributed by atoms with van der Waals surface area (Å²) in [5.74, 6) is 0.669. The van der Waals surface area contributed by atoms with Crippen LogP contribution in [0, 0.1) is 6.92 Å². The number of rotatable bonds is 7. The third-order valence-corrected chi connectivity index (χ3v) is 5.36. The van der Waals surface area contributed by atoms with Gasteiger partial charge in [0.05, 0.1) is 19.1 Å². The maximum absolute atomic E-state index is 12.0. The highest BCUT2D eigenvalue weighted by molar-refractivity contribution is 6.30. The number of ether oxygens (including phenoxy) is 3. The maximum Gasteiger partial charge on any atom is 0.307 e. The van der Waals surface area contributed by atoms with Crippen LogP contribution in [0.3, 0.4) is 0 Å². The van der Waals surface area contributed by atoms with Crippen molar-refractivity contribution in [3.8, 4) is 5.75 Å². The number of carbonyl (C=O) groups excluding carboxylic acids is 1. The van der Waals surface area contributed by atoms with Crippen LogP contribution in [0.5, 0.6) is 5.75 Å². The summed E-state index contributed by atoms with van der Waals surface area (Å²) in [6.45, 7) is 11.1. The Kier molecular flexibility index (Phi) is 7.98. The normalized spacial score (nSPS) is 17.4. The number of nitrogens with zero attached hydrogens (tertiary/aromatic N) is 1. The molecule has 0 aliphatic carbocycles. The smallest absolute Gasteiger partial charge is 0.307 e. The molecular formula is C25H32ClNO4. The van der Waals surface area contributed by atoms with Gasteiger partial charge >= 0.3 is 5.97 Å². The lowest BCUT2D eigenvalue weighted by Gasteiger charge is -2.33. The molecule has 1 atom stereocenters. The molecule has 6 heteroatoms. The molecule has 1 aliphatic heterocycles. The Bertz CT molecular complexity index is 876. The highest BCUT2D eigenvalue weighted by atomic mass is 35.5. The van der Waals surface area contributed by atoms with Crippen LogP contribution in [0.4, 0.5) is 0 Å². The highest BCUT2D eigenvalue weighted by Gasteiger charge is 2.24. The van der Waals surface area contributed by atoms with Crippen molar-refractivity contribution in [2.75, 3.05) is 26.2 Å². The van der Waals surface area contributed by atoms with Gasteiger partial charge in [0, 0.05) is 24.7 Å². The van der Waals surface area contributed by atoms with Crippen molar-refractivity contribution in [3.05, 3.63) is 64.2 Å². The van der Waals surface area contributed by atoms with Crippen molar-refractivity contribution in [3.63, 3.8) is 0 Å². The van der Waals surface area contributed by atoms with E-state index in [1.807, 2.05) is 57.2 Å². The molecule has 0 amide bonds. The summed E-state index contributed by atoms with van der Waals surface area (Å²) >= 11 is 5.93. The van der Waals surface area contributed by atoms with Crippen molar-refractivity contribution < 1.29 is 19.0 Å². The predicted molar refractivity (Wildman–Crippen MR) is 123 cm³/mol. The first kappa shape index (κ1) is 23.6. The minimum absolute atomic E-state index is 0.0160. The van der Waals surface area contributed by atoms with Gasteiger partial charge in [0.15, 0.2) is 0 Å².